The topological polar surface area (TPSA) is 0 Å². The third-order valence-electron chi connectivity index (χ3n) is 4.06. The quantitative estimate of drug-likeness (QED) is 0.702. The maximum atomic E-state index is 2.30. The van der Waals surface area contributed by atoms with Crippen LogP contribution >= 0.6 is 0 Å². The lowest BCUT2D eigenvalue weighted by atomic mass is 10.1. The lowest BCUT2D eigenvalue weighted by molar-refractivity contribution is -0.950. The van der Waals surface area contributed by atoms with Gasteiger partial charge in [-0.3, -0.25) is 0 Å². The number of benzene rings is 2. The summed E-state index contributed by atoms with van der Waals surface area (Å²) >= 11 is 0. The smallest absolute Gasteiger partial charge is 0.105 e. The van der Waals surface area contributed by atoms with Gasteiger partial charge in [-0.25, -0.2) is 0 Å². The van der Waals surface area contributed by atoms with Crippen LogP contribution in [-0.4, -0.2) is 17.6 Å². The molecule has 0 unspecified atom stereocenters. The van der Waals surface area contributed by atoms with E-state index in [4.69, 9.17) is 0 Å². The predicted molar refractivity (Wildman–Crippen MR) is 81.6 cm³/mol. The molecule has 0 radical (unpaired) electrons. The molecule has 2 aromatic carbocycles. The van der Waals surface area contributed by atoms with Crippen LogP contribution in [0.3, 0.4) is 0 Å². The van der Waals surface area contributed by atoms with Crippen molar-refractivity contribution in [2.75, 3.05) is 13.1 Å². The molecular formula is C18H24ClN. The van der Waals surface area contributed by atoms with E-state index in [1.54, 1.807) is 0 Å². The van der Waals surface area contributed by atoms with E-state index in [-0.39, 0.29) is 12.4 Å². The highest BCUT2D eigenvalue weighted by Crippen LogP contribution is 2.19. The molecule has 1 nitrogen and oxygen atoms in total. The molecule has 0 amide bonds. The number of hydrogen-bond donors (Lipinski definition) is 0. The summed E-state index contributed by atoms with van der Waals surface area (Å²) in [6.45, 7) is 9.16. The van der Waals surface area contributed by atoms with Crippen LogP contribution in [0.5, 0.6) is 0 Å². The van der Waals surface area contributed by atoms with E-state index in [1.165, 1.54) is 24.2 Å². The Morgan fingerprint density at radius 2 is 1.00 bits per heavy atom. The molecular weight excluding hydrogens is 266 g/mol. The first-order chi connectivity index (χ1) is 9.28. The van der Waals surface area contributed by atoms with Crippen molar-refractivity contribution in [3.05, 3.63) is 71.8 Å². The fourth-order valence-electron chi connectivity index (χ4n) is 2.67. The van der Waals surface area contributed by atoms with Crippen molar-refractivity contribution in [3.8, 4) is 0 Å². The molecule has 0 spiro atoms. The highest BCUT2D eigenvalue weighted by molar-refractivity contribution is 5.15. The van der Waals surface area contributed by atoms with Crippen LogP contribution in [0.4, 0.5) is 0 Å². The average molecular weight is 290 g/mol. The summed E-state index contributed by atoms with van der Waals surface area (Å²) in [4.78, 5) is 0. The zero-order chi connectivity index (χ0) is 13.6. The standard InChI is InChI=1S/C18H24N.ClH/c1-3-19(4-2,15-17-11-7-5-8-12-17)16-18-13-9-6-10-14-18;/h5-14H,3-4,15-16H2,1-2H3;1H/q+1;/p-1. The van der Waals surface area contributed by atoms with E-state index in [9.17, 15) is 0 Å². The van der Waals surface area contributed by atoms with Gasteiger partial charge in [0, 0.05) is 11.1 Å². The van der Waals surface area contributed by atoms with E-state index >= 15 is 0 Å². The maximum Gasteiger partial charge on any atom is 0.105 e. The summed E-state index contributed by atoms with van der Waals surface area (Å²) in [6, 6.07) is 21.7. The molecule has 20 heavy (non-hydrogen) atoms. The molecule has 0 saturated heterocycles. The monoisotopic (exact) mass is 289 g/mol. The summed E-state index contributed by atoms with van der Waals surface area (Å²) in [5.74, 6) is 0. The van der Waals surface area contributed by atoms with Gasteiger partial charge in [-0.2, -0.15) is 0 Å². The van der Waals surface area contributed by atoms with Gasteiger partial charge in [-0.1, -0.05) is 60.7 Å². The van der Waals surface area contributed by atoms with E-state index in [0.29, 0.717) is 0 Å². The number of rotatable bonds is 6. The van der Waals surface area contributed by atoms with Crippen LogP contribution in [0.15, 0.2) is 60.7 Å². The fourth-order valence-corrected chi connectivity index (χ4v) is 2.67. The summed E-state index contributed by atoms with van der Waals surface area (Å²) < 4.78 is 1.12. The molecule has 2 aromatic rings. The van der Waals surface area contributed by atoms with Crippen molar-refractivity contribution in [2.45, 2.75) is 26.9 Å². The average Bonchev–Trinajstić information content (AvgIpc) is 2.48. The second-order valence-electron chi connectivity index (χ2n) is 5.26. The van der Waals surface area contributed by atoms with Gasteiger partial charge >= 0.3 is 0 Å². The van der Waals surface area contributed by atoms with Gasteiger partial charge in [-0.15, -0.1) is 0 Å². The molecule has 0 saturated carbocycles. The van der Waals surface area contributed by atoms with Crippen LogP contribution in [0, 0.1) is 0 Å². The molecule has 0 fully saturated rings. The third kappa shape index (κ3) is 4.36. The lowest BCUT2D eigenvalue weighted by Gasteiger charge is -2.37. The predicted octanol–water partition coefficient (Wildman–Crippen LogP) is 1.25. The molecule has 0 N–H and O–H groups in total. The zero-order valence-corrected chi connectivity index (χ0v) is 13.2. The summed E-state index contributed by atoms with van der Waals surface area (Å²) in [5, 5.41) is 0. The van der Waals surface area contributed by atoms with E-state index in [2.05, 4.69) is 74.5 Å². The van der Waals surface area contributed by atoms with Crippen LogP contribution < -0.4 is 12.4 Å². The Labute approximate surface area is 129 Å². The van der Waals surface area contributed by atoms with Crippen molar-refractivity contribution in [1.29, 1.82) is 0 Å². The van der Waals surface area contributed by atoms with Crippen molar-refractivity contribution in [2.24, 2.45) is 0 Å². The summed E-state index contributed by atoms with van der Waals surface area (Å²) in [5.41, 5.74) is 2.87. The van der Waals surface area contributed by atoms with Crippen LogP contribution in [0.2, 0.25) is 0 Å². The molecule has 2 heteroatoms. The Bertz CT molecular complexity index is 434. The Morgan fingerprint density at radius 3 is 1.30 bits per heavy atom. The van der Waals surface area contributed by atoms with Crippen molar-refractivity contribution in [1.82, 2.24) is 0 Å². The van der Waals surface area contributed by atoms with E-state index in [0.717, 1.165) is 17.6 Å². The number of quaternary nitrogens is 1. The van der Waals surface area contributed by atoms with Gasteiger partial charge in [-0.05, 0) is 13.8 Å². The fraction of sp³-hybridized carbons (Fsp3) is 0.333. The Hall–Kier alpha value is -1.31. The molecule has 0 aromatic heterocycles. The number of halogens is 1. The van der Waals surface area contributed by atoms with Crippen LogP contribution in [0.25, 0.3) is 0 Å². The molecule has 108 valence electrons. The first-order valence-corrected chi connectivity index (χ1v) is 7.21. The van der Waals surface area contributed by atoms with Gasteiger partial charge in [0.15, 0.2) is 0 Å². The first kappa shape index (κ1) is 16.7. The van der Waals surface area contributed by atoms with E-state index < -0.39 is 0 Å². The second-order valence-corrected chi connectivity index (χ2v) is 5.26. The summed E-state index contributed by atoms with van der Waals surface area (Å²) in [7, 11) is 0. The maximum absolute atomic E-state index is 2.30. The molecule has 0 aliphatic carbocycles. The lowest BCUT2D eigenvalue weighted by Crippen LogP contribution is -3.00. The largest absolute Gasteiger partial charge is 1.00 e. The SMILES string of the molecule is CC[N+](CC)(Cc1ccccc1)Cc1ccccc1.[Cl-]. The highest BCUT2D eigenvalue weighted by Gasteiger charge is 2.23. The van der Waals surface area contributed by atoms with Crippen molar-refractivity contribution < 1.29 is 16.9 Å². The van der Waals surface area contributed by atoms with Gasteiger partial charge in [0.2, 0.25) is 0 Å². The van der Waals surface area contributed by atoms with Gasteiger partial charge in [0.1, 0.15) is 13.1 Å². The molecule has 0 heterocycles. The van der Waals surface area contributed by atoms with Crippen molar-refractivity contribution >= 4 is 0 Å². The van der Waals surface area contributed by atoms with Crippen molar-refractivity contribution in [3.63, 3.8) is 0 Å². The zero-order valence-electron chi connectivity index (χ0n) is 12.4. The molecule has 0 atom stereocenters. The van der Waals surface area contributed by atoms with Crippen LogP contribution in [-0.2, 0) is 13.1 Å². The molecule has 2 rings (SSSR count). The highest BCUT2D eigenvalue weighted by atomic mass is 35.5. The number of nitrogens with zero attached hydrogens (tertiary/aromatic N) is 1. The number of hydrogen-bond acceptors (Lipinski definition) is 0. The second kappa shape index (κ2) is 8.08. The first-order valence-electron chi connectivity index (χ1n) is 7.21. The minimum atomic E-state index is 0. The molecule has 0 aliphatic heterocycles. The third-order valence-corrected chi connectivity index (χ3v) is 4.06. The van der Waals surface area contributed by atoms with Gasteiger partial charge in [0.25, 0.3) is 0 Å². The normalized spacial score (nSPS) is 10.9. The molecule has 0 aliphatic rings. The van der Waals surface area contributed by atoms with Gasteiger partial charge < -0.3 is 16.9 Å². The van der Waals surface area contributed by atoms with E-state index in [1.807, 2.05) is 0 Å². The van der Waals surface area contributed by atoms with Crippen LogP contribution in [0.1, 0.15) is 25.0 Å². The molecule has 0 bridgehead atoms. The minimum Gasteiger partial charge on any atom is -1.00 e. The Morgan fingerprint density at radius 1 is 0.650 bits per heavy atom. The Balaban J connectivity index is 0.00000200. The van der Waals surface area contributed by atoms with Gasteiger partial charge in [0.05, 0.1) is 13.1 Å². The minimum absolute atomic E-state index is 0. The summed E-state index contributed by atoms with van der Waals surface area (Å²) in [6.07, 6.45) is 0. The Kier molecular flexibility index (Phi) is 6.77.